The van der Waals surface area contributed by atoms with E-state index >= 15 is 0 Å². The Morgan fingerprint density at radius 2 is 2.04 bits per heavy atom. The monoisotopic (exact) mass is 402 g/mol. The zero-order valence-corrected chi connectivity index (χ0v) is 16.6. The van der Waals surface area contributed by atoms with Gasteiger partial charge in [0.05, 0.1) is 25.3 Å². The van der Waals surface area contributed by atoms with Crippen molar-refractivity contribution in [3.63, 3.8) is 0 Å². The van der Waals surface area contributed by atoms with Crippen molar-refractivity contribution in [3.8, 4) is 17.0 Å². The molecule has 3 aromatic rings. The molecule has 10 heteroatoms. The van der Waals surface area contributed by atoms with Gasteiger partial charge in [0.15, 0.2) is 0 Å². The van der Waals surface area contributed by atoms with Crippen LogP contribution >= 0.6 is 0 Å². The first kappa shape index (κ1) is 18.6. The van der Waals surface area contributed by atoms with E-state index in [1.807, 2.05) is 23.2 Å². The van der Waals surface area contributed by atoms with E-state index in [9.17, 15) is 8.42 Å². The fourth-order valence-electron chi connectivity index (χ4n) is 3.38. The zero-order valence-electron chi connectivity index (χ0n) is 15.8. The normalized spacial score (nSPS) is 16.3. The summed E-state index contributed by atoms with van der Waals surface area (Å²) in [5.74, 6) is 1.27. The molecule has 0 aromatic carbocycles. The maximum absolute atomic E-state index is 11.8. The van der Waals surface area contributed by atoms with Crippen LogP contribution in [0.2, 0.25) is 0 Å². The van der Waals surface area contributed by atoms with Crippen molar-refractivity contribution in [1.82, 2.24) is 24.2 Å². The number of aromatic nitrogens is 4. The molecular formula is C18H22N6O3S. The third-order valence-corrected chi connectivity index (χ3v) is 6.17. The molecule has 1 aliphatic rings. The van der Waals surface area contributed by atoms with E-state index < -0.39 is 10.0 Å². The number of ether oxygens (including phenoxy) is 1. The van der Waals surface area contributed by atoms with Crippen molar-refractivity contribution in [2.45, 2.75) is 6.42 Å². The van der Waals surface area contributed by atoms with Crippen LogP contribution in [0.3, 0.4) is 0 Å². The third-order valence-electron chi connectivity index (χ3n) is 4.87. The van der Waals surface area contributed by atoms with Gasteiger partial charge in [0, 0.05) is 49.5 Å². The number of aromatic amines is 1. The van der Waals surface area contributed by atoms with E-state index in [1.54, 1.807) is 19.5 Å². The maximum Gasteiger partial charge on any atom is 0.225 e. The fourth-order valence-corrected chi connectivity index (χ4v) is 4.26. The highest BCUT2D eigenvalue weighted by atomic mass is 32.2. The molecule has 1 aliphatic heterocycles. The molecule has 0 unspecified atom stereocenters. The second-order valence-corrected chi connectivity index (χ2v) is 8.70. The van der Waals surface area contributed by atoms with Crippen molar-refractivity contribution in [3.05, 3.63) is 30.7 Å². The number of hydrogen-bond acceptors (Lipinski definition) is 7. The lowest BCUT2D eigenvalue weighted by atomic mass is 10.1. The number of nitrogens with one attached hydrogen (secondary N) is 1. The summed E-state index contributed by atoms with van der Waals surface area (Å²) in [6.07, 6.45) is 7.24. The first-order valence-corrected chi connectivity index (χ1v) is 10.8. The molecule has 1 fully saturated rings. The Labute approximate surface area is 163 Å². The molecule has 1 N–H and O–H groups in total. The SMILES string of the molecule is COc1cnc2[nH]cc(-c3ccnc(N4CCCN(S(C)(=O)=O)CC4)n3)c2c1. The Bertz CT molecular complexity index is 1100. The van der Waals surface area contributed by atoms with Gasteiger partial charge in [-0.3, -0.25) is 0 Å². The first-order valence-electron chi connectivity index (χ1n) is 9.00. The summed E-state index contributed by atoms with van der Waals surface area (Å²) < 4.78 is 30.4. The first-order chi connectivity index (χ1) is 13.5. The third kappa shape index (κ3) is 3.65. The van der Waals surface area contributed by atoms with E-state index in [0.29, 0.717) is 37.9 Å². The van der Waals surface area contributed by atoms with Gasteiger partial charge in [-0.25, -0.2) is 27.7 Å². The summed E-state index contributed by atoms with van der Waals surface area (Å²) in [4.78, 5) is 18.7. The topological polar surface area (TPSA) is 104 Å². The van der Waals surface area contributed by atoms with Crippen molar-refractivity contribution in [2.24, 2.45) is 0 Å². The van der Waals surface area contributed by atoms with Gasteiger partial charge in [-0.1, -0.05) is 0 Å². The molecule has 3 aromatic heterocycles. The van der Waals surface area contributed by atoms with Crippen LogP contribution in [0.4, 0.5) is 5.95 Å². The van der Waals surface area contributed by atoms with Crippen LogP contribution in [0.15, 0.2) is 30.7 Å². The summed E-state index contributed by atoms with van der Waals surface area (Å²) in [7, 11) is -1.58. The highest BCUT2D eigenvalue weighted by molar-refractivity contribution is 7.88. The summed E-state index contributed by atoms with van der Waals surface area (Å²) in [6.45, 7) is 2.21. The molecule has 9 nitrogen and oxygen atoms in total. The summed E-state index contributed by atoms with van der Waals surface area (Å²) in [6, 6.07) is 3.78. The van der Waals surface area contributed by atoms with Crippen LogP contribution in [0.25, 0.3) is 22.3 Å². The van der Waals surface area contributed by atoms with Crippen molar-refractivity contribution in [2.75, 3.05) is 44.4 Å². The van der Waals surface area contributed by atoms with Crippen LogP contribution in [0, 0.1) is 0 Å². The fraction of sp³-hybridized carbons (Fsp3) is 0.389. The minimum atomic E-state index is -3.19. The predicted molar refractivity (Wildman–Crippen MR) is 107 cm³/mol. The molecule has 4 rings (SSSR count). The standard InChI is InChI=1S/C18H22N6O3S/c1-27-13-10-14-15(12-21-17(14)20-11-13)16-4-5-19-18(22-16)23-6-3-7-24(9-8-23)28(2,25)26/h4-5,10-12H,3,6-9H2,1-2H3,(H,20,21). The summed E-state index contributed by atoms with van der Waals surface area (Å²) >= 11 is 0. The Morgan fingerprint density at radius 1 is 1.18 bits per heavy atom. The van der Waals surface area contributed by atoms with E-state index in [0.717, 1.165) is 28.7 Å². The minimum Gasteiger partial charge on any atom is -0.495 e. The highest BCUT2D eigenvalue weighted by Crippen LogP contribution is 2.29. The van der Waals surface area contributed by atoms with Crippen LogP contribution in [0.5, 0.6) is 5.75 Å². The molecule has 0 saturated carbocycles. The van der Waals surface area contributed by atoms with E-state index in [-0.39, 0.29) is 0 Å². The average molecular weight is 402 g/mol. The predicted octanol–water partition coefficient (Wildman–Crippen LogP) is 1.50. The van der Waals surface area contributed by atoms with Crippen molar-refractivity contribution >= 4 is 27.0 Å². The number of fused-ring (bicyclic) bond motifs is 1. The van der Waals surface area contributed by atoms with E-state index in [4.69, 9.17) is 9.72 Å². The molecule has 4 heterocycles. The second-order valence-electron chi connectivity index (χ2n) is 6.72. The van der Waals surface area contributed by atoms with Crippen LogP contribution < -0.4 is 9.64 Å². The largest absolute Gasteiger partial charge is 0.495 e. The number of sulfonamides is 1. The smallest absolute Gasteiger partial charge is 0.225 e. The van der Waals surface area contributed by atoms with Gasteiger partial charge in [0.1, 0.15) is 11.4 Å². The van der Waals surface area contributed by atoms with Gasteiger partial charge in [-0.05, 0) is 18.6 Å². The zero-order chi connectivity index (χ0) is 19.7. The molecule has 0 amide bonds. The van der Waals surface area contributed by atoms with Gasteiger partial charge in [0.25, 0.3) is 0 Å². The van der Waals surface area contributed by atoms with Crippen LogP contribution in [0.1, 0.15) is 6.42 Å². The average Bonchev–Trinajstić information content (AvgIpc) is 2.93. The number of anilines is 1. The number of pyridine rings is 1. The molecule has 0 aliphatic carbocycles. The summed E-state index contributed by atoms with van der Waals surface area (Å²) in [5.41, 5.74) is 2.45. The Balaban J connectivity index is 1.64. The molecule has 0 spiro atoms. The van der Waals surface area contributed by atoms with Gasteiger partial charge in [-0.2, -0.15) is 0 Å². The molecule has 0 atom stereocenters. The maximum atomic E-state index is 11.8. The van der Waals surface area contributed by atoms with Crippen molar-refractivity contribution < 1.29 is 13.2 Å². The van der Waals surface area contributed by atoms with Gasteiger partial charge >= 0.3 is 0 Å². The van der Waals surface area contributed by atoms with Crippen LogP contribution in [-0.2, 0) is 10.0 Å². The molecule has 0 bridgehead atoms. The van der Waals surface area contributed by atoms with Gasteiger partial charge < -0.3 is 14.6 Å². The Kier molecular flexibility index (Phi) is 4.90. The van der Waals surface area contributed by atoms with E-state index in [2.05, 4.69) is 15.0 Å². The lowest BCUT2D eigenvalue weighted by molar-refractivity contribution is 0.414. The molecular weight excluding hydrogens is 380 g/mol. The molecule has 28 heavy (non-hydrogen) atoms. The molecule has 148 valence electrons. The van der Waals surface area contributed by atoms with Crippen molar-refractivity contribution in [1.29, 1.82) is 0 Å². The number of hydrogen-bond donors (Lipinski definition) is 1. The van der Waals surface area contributed by atoms with E-state index in [1.165, 1.54) is 10.6 Å². The van der Waals surface area contributed by atoms with Crippen LogP contribution in [-0.4, -0.2) is 72.2 Å². The quantitative estimate of drug-likeness (QED) is 0.705. The lowest BCUT2D eigenvalue weighted by Crippen LogP contribution is -2.34. The number of H-pyrrole nitrogens is 1. The number of nitrogens with zero attached hydrogens (tertiary/aromatic N) is 5. The van der Waals surface area contributed by atoms with Gasteiger partial charge in [0.2, 0.25) is 16.0 Å². The Hall–Kier alpha value is -2.72. The number of methoxy groups -OCH3 is 1. The van der Waals surface area contributed by atoms with Gasteiger partial charge in [-0.15, -0.1) is 0 Å². The Morgan fingerprint density at radius 3 is 2.82 bits per heavy atom. The molecule has 1 saturated heterocycles. The molecule has 0 radical (unpaired) electrons. The lowest BCUT2D eigenvalue weighted by Gasteiger charge is -2.21. The highest BCUT2D eigenvalue weighted by Gasteiger charge is 2.23. The summed E-state index contributed by atoms with van der Waals surface area (Å²) in [5, 5.41) is 0.920. The minimum absolute atomic E-state index is 0.431. The number of rotatable bonds is 4. The second kappa shape index (κ2) is 7.36.